The van der Waals surface area contributed by atoms with Gasteiger partial charge in [-0.05, 0) is 13.0 Å². The van der Waals surface area contributed by atoms with Gasteiger partial charge < -0.3 is 15.2 Å². The summed E-state index contributed by atoms with van der Waals surface area (Å²) in [5.41, 5.74) is -0.760. The minimum absolute atomic E-state index is 0.322. The third kappa shape index (κ3) is 3.01. The number of nitrogens with zero attached hydrogens (tertiary/aromatic N) is 2. The summed E-state index contributed by atoms with van der Waals surface area (Å²) in [6.07, 6.45) is 0.543. The Morgan fingerprint density at radius 2 is 2.44 bits per heavy atom. The third-order valence-electron chi connectivity index (χ3n) is 1.91. The molecule has 0 aliphatic rings. The summed E-state index contributed by atoms with van der Waals surface area (Å²) in [5, 5.41) is 11.3. The number of hydrogen-bond donors (Lipinski definition) is 2. The number of alkyl halides is 1. The number of aliphatic hydroxyl groups excluding tert-OH is 1. The molecule has 0 aliphatic carbocycles. The minimum Gasteiger partial charge on any atom is -0.394 e. The Morgan fingerprint density at radius 1 is 1.75 bits per heavy atom. The molecule has 16 heavy (non-hydrogen) atoms. The van der Waals surface area contributed by atoms with E-state index in [9.17, 15) is 9.18 Å². The van der Waals surface area contributed by atoms with Gasteiger partial charge in [0.25, 0.3) is 6.48 Å². The van der Waals surface area contributed by atoms with E-state index in [0.717, 1.165) is 0 Å². The van der Waals surface area contributed by atoms with Gasteiger partial charge in [0.15, 0.2) is 0 Å². The van der Waals surface area contributed by atoms with Crippen molar-refractivity contribution in [1.29, 1.82) is 0 Å². The molecule has 0 aromatic carbocycles. The first kappa shape index (κ1) is 12.6. The van der Waals surface area contributed by atoms with Gasteiger partial charge in [-0.2, -0.15) is 9.37 Å². The summed E-state index contributed by atoms with van der Waals surface area (Å²) in [7, 11) is 1.60. The smallest absolute Gasteiger partial charge is 0.353 e. The van der Waals surface area contributed by atoms with Crippen molar-refractivity contribution in [1.82, 2.24) is 9.55 Å². The predicted molar refractivity (Wildman–Crippen MR) is 55.8 cm³/mol. The molecule has 0 bridgehead atoms. The molecule has 1 aromatic heterocycles. The lowest BCUT2D eigenvalue weighted by Crippen LogP contribution is -2.29. The quantitative estimate of drug-likeness (QED) is 0.752. The number of nitrogens with one attached hydrogen (secondary N) is 1. The summed E-state index contributed by atoms with van der Waals surface area (Å²) in [6, 6.07) is 1.45. The second-order valence-corrected chi connectivity index (χ2v) is 3.17. The highest BCUT2D eigenvalue weighted by Gasteiger charge is 2.15. The maximum atomic E-state index is 13.4. The van der Waals surface area contributed by atoms with Gasteiger partial charge in [0.05, 0.1) is 12.7 Å². The molecule has 90 valence electrons. The van der Waals surface area contributed by atoms with Crippen molar-refractivity contribution < 1.29 is 14.2 Å². The first-order valence-electron chi connectivity index (χ1n) is 4.75. The number of anilines is 1. The first-order chi connectivity index (χ1) is 7.58. The van der Waals surface area contributed by atoms with Crippen LogP contribution < -0.4 is 11.0 Å². The van der Waals surface area contributed by atoms with Crippen LogP contribution in [0.15, 0.2) is 17.1 Å². The van der Waals surface area contributed by atoms with Gasteiger partial charge in [-0.1, -0.05) is 0 Å². The van der Waals surface area contributed by atoms with Gasteiger partial charge in [0.1, 0.15) is 5.82 Å². The highest BCUT2D eigenvalue weighted by molar-refractivity contribution is 5.30. The highest BCUT2D eigenvalue weighted by Crippen LogP contribution is 2.10. The molecule has 0 amide bonds. The van der Waals surface area contributed by atoms with Crippen molar-refractivity contribution in [3.8, 4) is 0 Å². The summed E-state index contributed by atoms with van der Waals surface area (Å²) in [5.74, 6) is 0.351. The normalized spacial score (nSPS) is 14.5. The number of rotatable bonds is 5. The van der Waals surface area contributed by atoms with Crippen LogP contribution in [-0.2, 0) is 4.74 Å². The zero-order valence-corrected chi connectivity index (χ0v) is 9.05. The van der Waals surface area contributed by atoms with E-state index < -0.39 is 18.3 Å². The Kier molecular flexibility index (Phi) is 4.39. The van der Waals surface area contributed by atoms with Crippen LogP contribution in [0.3, 0.4) is 0 Å². The van der Waals surface area contributed by atoms with Crippen LogP contribution in [0.1, 0.15) is 13.4 Å². The van der Waals surface area contributed by atoms with E-state index in [1.54, 1.807) is 7.05 Å². The Labute approximate surface area is 91.7 Å². The maximum absolute atomic E-state index is 13.4. The van der Waals surface area contributed by atoms with E-state index in [2.05, 4.69) is 10.3 Å². The lowest BCUT2D eigenvalue weighted by molar-refractivity contribution is -0.141. The SMILES string of the molecule is CNc1ccn(C(F)O[C@@H](C)CO)c(=O)n1. The zero-order chi connectivity index (χ0) is 12.1. The molecule has 0 fully saturated rings. The van der Waals surface area contributed by atoms with Crippen molar-refractivity contribution in [2.45, 2.75) is 19.5 Å². The van der Waals surface area contributed by atoms with Crippen molar-refractivity contribution in [2.24, 2.45) is 0 Å². The molecular weight excluding hydrogens is 217 g/mol. The summed E-state index contributed by atoms with van der Waals surface area (Å²) in [6.45, 7) is -0.780. The molecule has 0 spiro atoms. The van der Waals surface area contributed by atoms with E-state index >= 15 is 0 Å². The van der Waals surface area contributed by atoms with Gasteiger partial charge in [0.2, 0.25) is 0 Å². The average Bonchev–Trinajstić information content (AvgIpc) is 2.28. The van der Waals surface area contributed by atoms with Crippen LogP contribution in [0.4, 0.5) is 10.2 Å². The first-order valence-corrected chi connectivity index (χ1v) is 4.75. The fourth-order valence-corrected chi connectivity index (χ4v) is 1.01. The summed E-state index contributed by atoms with van der Waals surface area (Å²) >= 11 is 0. The molecule has 1 rings (SSSR count). The second kappa shape index (κ2) is 5.57. The molecule has 2 atom stereocenters. The fourth-order valence-electron chi connectivity index (χ4n) is 1.01. The van der Waals surface area contributed by atoms with Crippen LogP contribution >= 0.6 is 0 Å². The molecule has 1 heterocycles. The molecule has 0 aliphatic heterocycles. The van der Waals surface area contributed by atoms with Crippen molar-refractivity contribution in [2.75, 3.05) is 19.0 Å². The van der Waals surface area contributed by atoms with E-state index in [-0.39, 0.29) is 6.61 Å². The van der Waals surface area contributed by atoms with Gasteiger partial charge in [-0.15, -0.1) is 0 Å². The number of aliphatic hydroxyl groups is 1. The van der Waals surface area contributed by atoms with E-state index in [4.69, 9.17) is 9.84 Å². The molecule has 1 unspecified atom stereocenters. The number of halogens is 1. The van der Waals surface area contributed by atoms with E-state index in [0.29, 0.717) is 10.4 Å². The predicted octanol–water partition coefficient (Wildman–Crippen LogP) is 0.108. The van der Waals surface area contributed by atoms with Crippen LogP contribution in [-0.4, -0.2) is 34.4 Å². The van der Waals surface area contributed by atoms with Gasteiger partial charge in [0, 0.05) is 13.2 Å². The van der Waals surface area contributed by atoms with Crippen molar-refractivity contribution in [3.63, 3.8) is 0 Å². The van der Waals surface area contributed by atoms with Crippen molar-refractivity contribution >= 4 is 5.82 Å². The second-order valence-electron chi connectivity index (χ2n) is 3.17. The van der Waals surface area contributed by atoms with Crippen LogP contribution in [0.25, 0.3) is 0 Å². The molecular formula is C9H14FN3O3. The standard InChI is InChI=1S/C9H14FN3O3/c1-6(5-14)16-8(10)13-4-3-7(11-2)12-9(13)15/h3-4,6,8,14H,5H2,1-2H3,(H,11,12,15)/t6-,8?/m0/s1. The topological polar surface area (TPSA) is 76.4 Å². The van der Waals surface area contributed by atoms with Crippen molar-refractivity contribution in [3.05, 3.63) is 22.7 Å². The molecule has 0 radical (unpaired) electrons. The molecule has 0 saturated carbocycles. The Morgan fingerprint density at radius 3 is 2.94 bits per heavy atom. The Balaban J connectivity index is 2.84. The minimum atomic E-state index is -1.95. The number of ether oxygens (including phenoxy) is 1. The molecule has 7 heteroatoms. The maximum Gasteiger partial charge on any atom is 0.353 e. The van der Waals surface area contributed by atoms with Crippen LogP contribution in [0.5, 0.6) is 0 Å². The van der Waals surface area contributed by atoms with Crippen LogP contribution in [0, 0.1) is 0 Å². The van der Waals surface area contributed by atoms with Crippen LogP contribution in [0.2, 0.25) is 0 Å². The number of hydrogen-bond acceptors (Lipinski definition) is 5. The Hall–Kier alpha value is -1.47. The van der Waals surface area contributed by atoms with E-state index in [1.165, 1.54) is 19.2 Å². The highest BCUT2D eigenvalue weighted by atomic mass is 19.1. The largest absolute Gasteiger partial charge is 0.394 e. The molecule has 1 aromatic rings. The average molecular weight is 231 g/mol. The molecule has 6 nitrogen and oxygen atoms in total. The zero-order valence-electron chi connectivity index (χ0n) is 9.05. The lowest BCUT2D eigenvalue weighted by Gasteiger charge is -2.16. The molecule has 2 N–H and O–H groups in total. The van der Waals surface area contributed by atoms with Gasteiger partial charge in [-0.25, -0.2) is 9.36 Å². The van der Waals surface area contributed by atoms with E-state index in [1.807, 2.05) is 0 Å². The summed E-state index contributed by atoms with van der Waals surface area (Å²) < 4.78 is 18.9. The summed E-state index contributed by atoms with van der Waals surface area (Å²) in [4.78, 5) is 14.9. The number of aromatic nitrogens is 2. The Bertz CT molecular complexity index is 396. The van der Waals surface area contributed by atoms with Gasteiger partial charge in [-0.3, -0.25) is 0 Å². The molecule has 0 saturated heterocycles. The van der Waals surface area contributed by atoms with Gasteiger partial charge >= 0.3 is 5.69 Å². The monoisotopic (exact) mass is 231 g/mol. The lowest BCUT2D eigenvalue weighted by atomic mass is 10.4. The third-order valence-corrected chi connectivity index (χ3v) is 1.91. The fraction of sp³-hybridized carbons (Fsp3) is 0.556.